The van der Waals surface area contributed by atoms with Gasteiger partial charge in [0, 0.05) is 28.8 Å². The maximum Gasteiger partial charge on any atom is 0.264 e. The smallest absolute Gasteiger partial charge is 0.264 e. The highest BCUT2D eigenvalue weighted by molar-refractivity contribution is 7.92. The van der Waals surface area contributed by atoms with Gasteiger partial charge in [-0.2, -0.15) is 0 Å². The molecular weight excluding hydrogens is 630 g/mol. The second-order valence-corrected chi connectivity index (χ2v) is 12.7. The number of para-hydroxylation sites is 1. The quantitative estimate of drug-likeness (QED) is 0.136. The van der Waals surface area contributed by atoms with E-state index in [2.05, 4.69) is 5.32 Å². The van der Waals surface area contributed by atoms with Crippen LogP contribution in [0.25, 0.3) is 11.1 Å². The topological polar surface area (TPSA) is 75.7 Å². The van der Waals surface area contributed by atoms with Crippen LogP contribution in [-0.2, 0) is 10.0 Å². The summed E-state index contributed by atoms with van der Waals surface area (Å²) >= 11 is 5.97. The van der Waals surface area contributed by atoms with Crippen LogP contribution in [0.3, 0.4) is 0 Å². The number of nitrogens with one attached hydrogen (secondary N) is 1. The highest BCUT2D eigenvalue weighted by atomic mass is 35.5. The van der Waals surface area contributed by atoms with Gasteiger partial charge < -0.3 is 10.1 Å². The molecule has 1 atom stereocenters. The van der Waals surface area contributed by atoms with E-state index < -0.39 is 33.4 Å². The molecule has 1 unspecified atom stereocenters. The van der Waals surface area contributed by atoms with Crippen LogP contribution in [0.1, 0.15) is 35.3 Å². The van der Waals surface area contributed by atoms with Crippen molar-refractivity contribution in [2.45, 2.75) is 24.3 Å². The van der Waals surface area contributed by atoms with Gasteiger partial charge in [-0.3, -0.25) is 9.10 Å². The maximum absolute atomic E-state index is 15.1. The molecule has 0 radical (unpaired) electrons. The van der Waals surface area contributed by atoms with Crippen LogP contribution < -0.4 is 14.4 Å². The van der Waals surface area contributed by atoms with Gasteiger partial charge in [-0.15, -0.1) is 0 Å². The Morgan fingerprint density at radius 1 is 0.848 bits per heavy atom. The Morgan fingerprint density at radius 3 is 2.22 bits per heavy atom. The molecule has 0 saturated heterocycles. The number of nitrogens with zero attached hydrogens (tertiary/aromatic N) is 1. The zero-order chi connectivity index (χ0) is 32.7. The van der Waals surface area contributed by atoms with E-state index in [-0.39, 0.29) is 17.4 Å². The summed E-state index contributed by atoms with van der Waals surface area (Å²) in [7, 11) is -4.39. The molecule has 1 amide bonds. The minimum Gasteiger partial charge on any atom is -0.493 e. The summed E-state index contributed by atoms with van der Waals surface area (Å²) in [6, 6.07) is 31.1. The number of anilines is 1. The number of rotatable bonds is 12. The fourth-order valence-electron chi connectivity index (χ4n) is 5.01. The molecule has 0 aliphatic rings. The number of sulfonamides is 1. The molecular formula is C36H31ClF2N2O4S. The zero-order valence-electron chi connectivity index (χ0n) is 24.9. The van der Waals surface area contributed by atoms with Gasteiger partial charge in [-0.25, -0.2) is 17.2 Å². The largest absolute Gasteiger partial charge is 0.493 e. The average Bonchev–Trinajstić information content (AvgIpc) is 3.07. The van der Waals surface area contributed by atoms with E-state index in [1.54, 1.807) is 43.3 Å². The predicted molar refractivity (Wildman–Crippen MR) is 177 cm³/mol. The molecule has 0 fully saturated rings. The standard InChI is InChI=1S/C36H31ClF2N2O4S/c1-25(41(34-24-30(38)18-21-33(34)39)46(43,44)31-19-16-29(37)17-20-31)32-10-5-6-11-35(32)45-23-7-22-40-36(42)28-14-12-27(13-15-28)26-8-3-2-4-9-26/h2-6,8-21,24-25H,7,22-23H2,1H3,(H,40,42). The molecule has 0 aliphatic heterocycles. The fraction of sp³-hybridized carbons (Fsp3) is 0.139. The minimum atomic E-state index is -4.39. The molecule has 236 valence electrons. The van der Waals surface area contributed by atoms with Crippen LogP contribution in [-0.4, -0.2) is 27.5 Å². The van der Waals surface area contributed by atoms with E-state index in [9.17, 15) is 17.6 Å². The third kappa shape index (κ3) is 7.55. The molecule has 6 nitrogen and oxygen atoms in total. The van der Waals surface area contributed by atoms with Gasteiger partial charge in [0.15, 0.2) is 0 Å². The number of benzene rings is 5. The summed E-state index contributed by atoms with van der Waals surface area (Å²) in [4.78, 5) is 12.5. The van der Waals surface area contributed by atoms with Gasteiger partial charge in [0.2, 0.25) is 0 Å². The summed E-state index contributed by atoms with van der Waals surface area (Å²) in [5.41, 5.74) is 2.60. The Balaban J connectivity index is 1.28. The molecule has 0 aromatic heterocycles. The summed E-state index contributed by atoms with van der Waals surface area (Å²) in [5.74, 6) is -1.55. The second kappa shape index (κ2) is 14.6. The monoisotopic (exact) mass is 660 g/mol. The number of halogens is 3. The van der Waals surface area contributed by atoms with Gasteiger partial charge >= 0.3 is 0 Å². The van der Waals surface area contributed by atoms with E-state index >= 15 is 4.39 Å². The number of hydrogen-bond donors (Lipinski definition) is 1. The molecule has 5 rings (SSSR count). The van der Waals surface area contributed by atoms with Crippen LogP contribution in [0.15, 0.2) is 126 Å². The van der Waals surface area contributed by atoms with Crippen molar-refractivity contribution < 1.29 is 26.7 Å². The number of carbonyl (C=O) groups is 1. The van der Waals surface area contributed by atoms with Crippen LogP contribution in [0.2, 0.25) is 5.02 Å². The van der Waals surface area contributed by atoms with E-state index in [0.29, 0.717) is 34.9 Å². The summed E-state index contributed by atoms with van der Waals surface area (Å²) in [6.45, 7) is 2.11. The molecule has 0 aliphatic carbocycles. The third-order valence-corrected chi connectivity index (χ3v) is 9.51. The molecule has 0 bridgehead atoms. The molecule has 0 spiro atoms. The number of amides is 1. The lowest BCUT2D eigenvalue weighted by Gasteiger charge is -2.32. The van der Waals surface area contributed by atoms with Crippen LogP contribution in [0, 0.1) is 11.6 Å². The Bertz CT molecular complexity index is 1910. The predicted octanol–water partition coefficient (Wildman–Crippen LogP) is 8.44. The van der Waals surface area contributed by atoms with Gasteiger partial charge in [0.25, 0.3) is 15.9 Å². The molecule has 46 heavy (non-hydrogen) atoms. The Kier molecular flexibility index (Phi) is 10.3. The fourth-order valence-corrected chi connectivity index (χ4v) is 6.77. The SMILES string of the molecule is CC(c1ccccc1OCCCNC(=O)c1ccc(-c2ccccc2)cc1)N(c1cc(F)ccc1F)S(=O)(=O)c1ccc(Cl)cc1. The van der Waals surface area contributed by atoms with Gasteiger partial charge in [0.1, 0.15) is 17.4 Å². The first kappa shape index (κ1) is 32.7. The lowest BCUT2D eigenvalue weighted by atomic mass is 10.0. The first-order valence-corrected chi connectivity index (χ1v) is 16.4. The number of hydrogen-bond acceptors (Lipinski definition) is 4. The Labute approximate surface area is 272 Å². The Morgan fingerprint density at radius 2 is 1.50 bits per heavy atom. The van der Waals surface area contributed by atoms with Crippen molar-refractivity contribution in [3.63, 3.8) is 0 Å². The van der Waals surface area contributed by atoms with Gasteiger partial charge in [0.05, 0.1) is 23.2 Å². The van der Waals surface area contributed by atoms with E-state index in [0.717, 1.165) is 33.6 Å². The highest BCUT2D eigenvalue weighted by Gasteiger charge is 2.34. The maximum atomic E-state index is 15.1. The summed E-state index contributed by atoms with van der Waals surface area (Å²) in [5, 5.41) is 3.21. The zero-order valence-corrected chi connectivity index (χ0v) is 26.4. The van der Waals surface area contributed by atoms with E-state index in [1.807, 2.05) is 42.5 Å². The first-order chi connectivity index (χ1) is 22.1. The normalized spacial score (nSPS) is 11.9. The third-order valence-electron chi connectivity index (χ3n) is 7.36. The molecule has 0 saturated carbocycles. The van der Waals surface area contributed by atoms with Crippen molar-refractivity contribution in [3.05, 3.63) is 149 Å². The summed E-state index contributed by atoms with van der Waals surface area (Å²) < 4.78 is 64.2. The van der Waals surface area contributed by atoms with Crippen molar-refractivity contribution >= 4 is 33.2 Å². The number of ether oxygens (including phenoxy) is 1. The van der Waals surface area contributed by atoms with Crippen LogP contribution >= 0.6 is 11.6 Å². The number of carbonyl (C=O) groups excluding carboxylic acids is 1. The first-order valence-electron chi connectivity index (χ1n) is 14.6. The van der Waals surface area contributed by atoms with Crippen molar-refractivity contribution in [3.8, 4) is 16.9 Å². The van der Waals surface area contributed by atoms with Crippen molar-refractivity contribution in [1.29, 1.82) is 0 Å². The van der Waals surface area contributed by atoms with Crippen molar-refractivity contribution in [1.82, 2.24) is 5.32 Å². The van der Waals surface area contributed by atoms with Crippen LogP contribution in [0.4, 0.5) is 14.5 Å². The summed E-state index contributed by atoms with van der Waals surface area (Å²) in [6.07, 6.45) is 0.460. The van der Waals surface area contributed by atoms with E-state index in [1.165, 1.54) is 24.3 Å². The second-order valence-electron chi connectivity index (χ2n) is 10.5. The average molecular weight is 661 g/mol. The van der Waals surface area contributed by atoms with E-state index in [4.69, 9.17) is 16.3 Å². The van der Waals surface area contributed by atoms with Crippen LogP contribution in [0.5, 0.6) is 5.75 Å². The molecule has 10 heteroatoms. The lowest BCUT2D eigenvalue weighted by Crippen LogP contribution is -2.34. The Hall–Kier alpha value is -4.73. The highest BCUT2D eigenvalue weighted by Crippen LogP contribution is 2.38. The van der Waals surface area contributed by atoms with Crippen molar-refractivity contribution in [2.24, 2.45) is 0 Å². The lowest BCUT2D eigenvalue weighted by molar-refractivity contribution is 0.0951. The van der Waals surface area contributed by atoms with Gasteiger partial charge in [-0.1, -0.05) is 72.3 Å². The molecule has 5 aromatic carbocycles. The van der Waals surface area contributed by atoms with Crippen molar-refractivity contribution in [2.75, 3.05) is 17.5 Å². The minimum absolute atomic E-state index is 0.142. The molecule has 1 N–H and O–H groups in total. The molecule has 5 aromatic rings. The molecule has 0 heterocycles. The van der Waals surface area contributed by atoms with Gasteiger partial charge in [-0.05, 0) is 79.1 Å².